The van der Waals surface area contributed by atoms with Gasteiger partial charge in [0.2, 0.25) is 5.91 Å². The van der Waals surface area contributed by atoms with E-state index < -0.39 is 55.3 Å². The smallest absolute Gasteiger partial charge is 0.274 e. The number of aryl methyl sites for hydroxylation is 1. The van der Waals surface area contributed by atoms with Crippen LogP contribution in [0, 0.1) is 23.3 Å². The van der Waals surface area contributed by atoms with Crippen LogP contribution in [0.3, 0.4) is 0 Å². The fourth-order valence-electron chi connectivity index (χ4n) is 3.57. The van der Waals surface area contributed by atoms with Gasteiger partial charge in [-0.1, -0.05) is 0 Å². The average Bonchev–Trinajstić information content (AvgIpc) is 3.18. The van der Waals surface area contributed by atoms with Crippen molar-refractivity contribution in [1.82, 2.24) is 14.8 Å². The predicted molar refractivity (Wildman–Crippen MR) is 118 cm³/mol. The number of hydrogen-bond donors (Lipinski definition) is 0. The molecule has 0 aliphatic heterocycles. The van der Waals surface area contributed by atoms with Gasteiger partial charge in [0, 0.05) is 38.1 Å². The quantitative estimate of drug-likeness (QED) is 0.375. The van der Waals surface area contributed by atoms with E-state index in [-0.39, 0.29) is 10.00 Å². The molecule has 0 radical (unpaired) electrons. The number of anilines is 1. The zero-order valence-electron chi connectivity index (χ0n) is 18.2. The Balaban J connectivity index is 1.96. The summed E-state index contributed by atoms with van der Waals surface area (Å²) in [6.07, 6.45) is 4.43. The molecule has 4 rings (SSSR count). The number of pyridine rings is 1. The van der Waals surface area contributed by atoms with Crippen molar-refractivity contribution in [3.05, 3.63) is 84.3 Å². The maximum atomic E-state index is 15.8. The summed E-state index contributed by atoms with van der Waals surface area (Å²) in [6, 6.07) is 6.25. The van der Waals surface area contributed by atoms with Gasteiger partial charge in [0.1, 0.15) is 28.0 Å². The number of hydrogen-bond acceptors (Lipinski definition) is 5. The van der Waals surface area contributed by atoms with Crippen molar-refractivity contribution in [3.8, 4) is 22.4 Å². The number of halogens is 4. The third kappa shape index (κ3) is 4.28. The maximum absolute atomic E-state index is 15.8. The molecule has 0 atom stereocenters. The number of nitrogens with zero attached hydrogens (tertiary/aromatic N) is 4. The molecular weight excluding hydrogens is 488 g/mol. The zero-order valence-corrected chi connectivity index (χ0v) is 19.0. The molecule has 35 heavy (non-hydrogen) atoms. The van der Waals surface area contributed by atoms with Gasteiger partial charge in [-0.15, -0.1) is 0 Å². The van der Waals surface area contributed by atoms with E-state index >= 15 is 4.39 Å². The highest BCUT2D eigenvalue weighted by Crippen LogP contribution is 2.38. The third-order valence-electron chi connectivity index (χ3n) is 5.04. The number of amides is 1. The molecule has 12 heteroatoms. The molecule has 0 saturated carbocycles. The summed E-state index contributed by atoms with van der Waals surface area (Å²) in [7, 11) is -3.60. The lowest BCUT2D eigenvalue weighted by Gasteiger charge is -2.23. The molecule has 2 aromatic carbocycles. The number of aromatic nitrogens is 3. The second kappa shape index (κ2) is 8.95. The average molecular weight is 504 g/mol. The molecule has 0 fully saturated rings. The Morgan fingerprint density at radius 3 is 2.29 bits per heavy atom. The van der Waals surface area contributed by atoms with Crippen LogP contribution in [0.5, 0.6) is 0 Å². The molecule has 0 bridgehead atoms. The van der Waals surface area contributed by atoms with Gasteiger partial charge in [0.15, 0.2) is 5.82 Å². The molecule has 180 valence electrons. The second-order valence-corrected chi connectivity index (χ2v) is 9.17. The molecule has 0 saturated heterocycles. The van der Waals surface area contributed by atoms with Gasteiger partial charge in [0.25, 0.3) is 10.0 Å². The van der Waals surface area contributed by atoms with Gasteiger partial charge >= 0.3 is 0 Å². The van der Waals surface area contributed by atoms with E-state index in [2.05, 4.69) is 10.1 Å². The van der Waals surface area contributed by atoms with E-state index in [0.717, 1.165) is 19.1 Å². The number of sulfonamides is 1. The molecule has 7 nitrogen and oxygen atoms in total. The largest absolute Gasteiger partial charge is 0.275 e. The van der Waals surface area contributed by atoms with Crippen LogP contribution in [0.25, 0.3) is 22.4 Å². The molecule has 4 aromatic rings. The van der Waals surface area contributed by atoms with Gasteiger partial charge in [-0.2, -0.15) is 9.40 Å². The lowest BCUT2D eigenvalue weighted by molar-refractivity contribution is -0.115. The molecule has 0 spiro atoms. The van der Waals surface area contributed by atoms with E-state index in [0.29, 0.717) is 29.3 Å². The van der Waals surface area contributed by atoms with Crippen molar-refractivity contribution < 1.29 is 30.8 Å². The summed E-state index contributed by atoms with van der Waals surface area (Å²) >= 11 is 0. The summed E-state index contributed by atoms with van der Waals surface area (Å²) in [5, 5.41) is 4.12. The standard InChI is InChI=1S/C23H16F4N4O3S/c1-13(32)31(35(33,34)20-11-15(24)3-4-17(20)25)19-6-5-18(26)21(22(19)27)23-16(12-30(2)29-23)14-7-9-28-10-8-14/h3-12H,1-2H3. The normalized spacial score (nSPS) is 11.5. The molecule has 0 unspecified atom stereocenters. The summed E-state index contributed by atoms with van der Waals surface area (Å²) in [4.78, 5) is 15.1. The first-order valence-electron chi connectivity index (χ1n) is 9.95. The number of carbonyl (C=O) groups is 1. The minimum absolute atomic E-state index is 0.0435. The van der Waals surface area contributed by atoms with Gasteiger partial charge in [0.05, 0.1) is 11.3 Å². The van der Waals surface area contributed by atoms with Crippen LogP contribution in [-0.4, -0.2) is 29.1 Å². The first-order chi connectivity index (χ1) is 16.5. The van der Waals surface area contributed by atoms with Crippen LogP contribution in [0.1, 0.15) is 6.92 Å². The Labute approximate surface area is 197 Å². The predicted octanol–water partition coefficient (Wildman–Crippen LogP) is 4.45. The van der Waals surface area contributed by atoms with Crippen LogP contribution in [0.4, 0.5) is 23.2 Å². The van der Waals surface area contributed by atoms with E-state index in [4.69, 9.17) is 0 Å². The fraction of sp³-hybridized carbons (Fsp3) is 0.0870. The first-order valence-corrected chi connectivity index (χ1v) is 11.4. The van der Waals surface area contributed by atoms with E-state index in [1.54, 1.807) is 12.1 Å². The summed E-state index contributed by atoms with van der Waals surface area (Å²) < 4.78 is 86.3. The van der Waals surface area contributed by atoms with E-state index in [9.17, 15) is 26.4 Å². The van der Waals surface area contributed by atoms with Crippen LogP contribution < -0.4 is 4.31 Å². The van der Waals surface area contributed by atoms with Crippen molar-refractivity contribution in [3.63, 3.8) is 0 Å². The molecule has 0 N–H and O–H groups in total. The lowest BCUT2D eigenvalue weighted by atomic mass is 10.0. The van der Waals surface area contributed by atoms with E-state index in [1.165, 1.54) is 30.3 Å². The first kappa shape index (κ1) is 24.1. The number of carbonyl (C=O) groups excluding carboxylic acids is 1. The zero-order chi connectivity index (χ0) is 25.5. The molecule has 0 aliphatic rings. The van der Waals surface area contributed by atoms with Crippen molar-refractivity contribution in [1.29, 1.82) is 0 Å². The highest BCUT2D eigenvalue weighted by atomic mass is 32.2. The van der Waals surface area contributed by atoms with E-state index in [1.807, 2.05) is 0 Å². The molecule has 0 aliphatic carbocycles. The topological polar surface area (TPSA) is 85.2 Å². The van der Waals surface area contributed by atoms with Gasteiger partial charge in [-0.05, 0) is 48.0 Å². The lowest BCUT2D eigenvalue weighted by Crippen LogP contribution is -2.36. The van der Waals surface area contributed by atoms with Gasteiger partial charge in [-0.25, -0.2) is 26.0 Å². The molecule has 1 amide bonds. The van der Waals surface area contributed by atoms with Gasteiger partial charge in [-0.3, -0.25) is 14.5 Å². The highest BCUT2D eigenvalue weighted by molar-refractivity contribution is 7.93. The Morgan fingerprint density at radius 1 is 0.971 bits per heavy atom. The van der Waals surface area contributed by atoms with Crippen molar-refractivity contribution in [2.75, 3.05) is 4.31 Å². The summed E-state index contributed by atoms with van der Waals surface area (Å²) in [5.74, 6) is -6.21. The van der Waals surface area contributed by atoms with Gasteiger partial charge < -0.3 is 0 Å². The number of rotatable bonds is 5. The highest BCUT2D eigenvalue weighted by Gasteiger charge is 2.35. The third-order valence-corrected chi connectivity index (χ3v) is 6.85. The monoisotopic (exact) mass is 504 g/mol. The van der Waals surface area contributed by atoms with Crippen LogP contribution >= 0.6 is 0 Å². The minimum Gasteiger partial charge on any atom is -0.275 e. The Kier molecular flexibility index (Phi) is 6.15. The maximum Gasteiger partial charge on any atom is 0.274 e. The van der Waals surface area contributed by atoms with Crippen molar-refractivity contribution in [2.24, 2.45) is 7.05 Å². The SMILES string of the molecule is CC(=O)N(c1ccc(F)c(-c2nn(C)cc2-c2ccncc2)c1F)S(=O)(=O)c1cc(F)ccc1F. The Morgan fingerprint density at radius 2 is 1.63 bits per heavy atom. The fourth-order valence-corrected chi connectivity index (χ4v) is 5.08. The molecule has 2 aromatic heterocycles. The molecule has 2 heterocycles. The Bertz CT molecular complexity index is 1560. The second-order valence-electron chi connectivity index (χ2n) is 7.42. The summed E-state index contributed by atoms with van der Waals surface area (Å²) in [6.45, 7) is 0.792. The molecular formula is C23H16F4N4O3S. The van der Waals surface area contributed by atoms with Crippen LogP contribution in [0.2, 0.25) is 0 Å². The van der Waals surface area contributed by atoms with Crippen molar-refractivity contribution >= 4 is 21.6 Å². The Hall–Kier alpha value is -4.06. The van der Waals surface area contributed by atoms with Crippen LogP contribution in [-0.2, 0) is 21.9 Å². The minimum atomic E-state index is -5.13. The van der Waals surface area contributed by atoms with Crippen LogP contribution in [0.15, 0.2) is 66.0 Å². The van der Waals surface area contributed by atoms with Crippen molar-refractivity contribution in [2.45, 2.75) is 11.8 Å². The number of benzene rings is 2. The summed E-state index contributed by atoms with van der Waals surface area (Å²) in [5.41, 5.74) is -0.947.